The smallest absolute Gasteiger partial charge is 0.293 e. The summed E-state index contributed by atoms with van der Waals surface area (Å²) in [6, 6.07) is 14.9. The number of ether oxygens (including phenoxy) is 1. The number of benzene rings is 2. The number of halogens is 1. The second-order valence-electron chi connectivity index (χ2n) is 6.10. The van der Waals surface area contributed by atoms with Crippen LogP contribution in [0.15, 0.2) is 53.4 Å². The highest BCUT2D eigenvalue weighted by atomic mass is 35.5. The standard InChI is InChI=1S/C21H20ClNO3S/c1-2-3-12-23-20(24)19(27-21(23)25)13-15-8-5-7-11-18(15)26-14-16-9-4-6-10-17(16)22/h4-11,13H,2-3,12,14H2,1H3. The van der Waals surface area contributed by atoms with E-state index in [1.807, 2.05) is 55.5 Å². The largest absolute Gasteiger partial charge is 0.488 e. The molecule has 1 fully saturated rings. The fourth-order valence-electron chi connectivity index (χ4n) is 2.65. The Labute approximate surface area is 168 Å². The Hall–Kier alpha value is -2.24. The van der Waals surface area contributed by atoms with Crippen molar-refractivity contribution in [3.05, 3.63) is 69.6 Å². The summed E-state index contributed by atoms with van der Waals surface area (Å²) >= 11 is 7.15. The van der Waals surface area contributed by atoms with Crippen LogP contribution in [0.3, 0.4) is 0 Å². The van der Waals surface area contributed by atoms with Crippen molar-refractivity contribution >= 4 is 40.6 Å². The maximum absolute atomic E-state index is 12.5. The molecule has 2 amide bonds. The molecule has 1 heterocycles. The van der Waals surface area contributed by atoms with Gasteiger partial charge in [0.25, 0.3) is 11.1 Å². The average molecular weight is 402 g/mol. The third-order valence-electron chi connectivity index (χ3n) is 4.16. The van der Waals surface area contributed by atoms with Gasteiger partial charge in [-0.25, -0.2) is 0 Å². The molecule has 6 heteroatoms. The molecule has 0 aromatic heterocycles. The molecule has 0 atom stereocenters. The second kappa shape index (κ2) is 9.11. The minimum Gasteiger partial charge on any atom is -0.488 e. The van der Waals surface area contributed by atoms with Crippen LogP contribution in [0.2, 0.25) is 5.02 Å². The van der Waals surface area contributed by atoms with Crippen LogP contribution in [0, 0.1) is 0 Å². The molecule has 140 valence electrons. The summed E-state index contributed by atoms with van der Waals surface area (Å²) < 4.78 is 5.92. The third-order valence-corrected chi connectivity index (χ3v) is 5.43. The van der Waals surface area contributed by atoms with E-state index in [-0.39, 0.29) is 11.1 Å². The molecule has 2 aromatic rings. The molecule has 3 rings (SSSR count). The van der Waals surface area contributed by atoms with Crippen molar-refractivity contribution in [2.75, 3.05) is 6.54 Å². The van der Waals surface area contributed by atoms with Crippen molar-refractivity contribution in [3.63, 3.8) is 0 Å². The molecule has 0 aliphatic carbocycles. The van der Waals surface area contributed by atoms with Gasteiger partial charge in [-0.15, -0.1) is 0 Å². The Morgan fingerprint density at radius 2 is 1.85 bits per heavy atom. The molecule has 0 bridgehead atoms. The summed E-state index contributed by atoms with van der Waals surface area (Å²) in [5, 5.41) is 0.432. The van der Waals surface area contributed by atoms with Crippen LogP contribution in [-0.2, 0) is 11.4 Å². The van der Waals surface area contributed by atoms with Crippen LogP contribution < -0.4 is 4.74 Å². The van der Waals surface area contributed by atoms with Gasteiger partial charge in [0.05, 0.1) is 4.91 Å². The second-order valence-corrected chi connectivity index (χ2v) is 7.51. The maximum Gasteiger partial charge on any atom is 0.293 e. The molecule has 0 radical (unpaired) electrons. The molecule has 4 nitrogen and oxygen atoms in total. The Bertz CT molecular complexity index is 881. The number of amides is 2. The topological polar surface area (TPSA) is 46.6 Å². The Balaban J connectivity index is 1.78. The first-order chi connectivity index (χ1) is 13.1. The number of carbonyl (C=O) groups is 2. The van der Waals surface area contributed by atoms with Gasteiger partial charge < -0.3 is 4.74 Å². The first-order valence-electron chi connectivity index (χ1n) is 8.80. The van der Waals surface area contributed by atoms with E-state index in [1.165, 1.54) is 4.90 Å². The van der Waals surface area contributed by atoms with Crippen molar-refractivity contribution in [2.45, 2.75) is 26.4 Å². The molecule has 0 unspecified atom stereocenters. The van der Waals surface area contributed by atoms with Crippen LogP contribution in [0.4, 0.5) is 4.79 Å². The van der Waals surface area contributed by atoms with E-state index in [9.17, 15) is 9.59 Å². The number of thioether (sulfide) groups is 1. The lowest BCUT2D eigenvalue weighted by Gasteiger charge is -2.11. The quantitative estimate of drug-likeness (QED) is 0.553. The minimum absolute atomic E-state index is 0.214. The number of imide groups is 1. The fraction of sp³-hybridized carbons (Fsp3) is 0.238. The van der Waals surface area contributed by atoms with E-state index >= 15 is 0 Å². The van der Waals surface area contributed by atoms with E-state index in [0.29, 0.717) is 28.8 Å². The van der Waals surface area contributed by atoms with Crippen molar-refractivity contribution < 1.29 is 14.3 Å². The Morgan fingerprint density at radius 1 is 1.11 bits per heavy atom. The van der Waals surface area contributed by atoms with Gasteiger partial charge in [-0.1, -0.05) is 61.3 Å². The molecular weight excluding hydrogens is 382 g/mol. The van der Waals surface area contributed by atoms with Gasteiger partial charge in [-0.05, 0) is 36.4 Å². The summed E-state index contributed by atoms with van der Waals surface area (Å²) in [7, 11) is 0. The van der Waals surface area contributed by atoms with Gasteiger partial charge in [0.2, 0.25) is 0 Å². The highest BCUT2D eigenvalue weighted by molar-refractivity contribution is 8.18. The van der Waals surface area contributed by atoms with E-state index in [0.717, 1.165) is 35.7 Å². The number of carbonyl (C=O) groups excluding carboxylic acids is 2. The van der Waals surface area contributed by atoms with Gasteiger partial charge in [0.1, 0.15) is 12.4 Å². The Kier molecular flexibility index (Phi) is 6.58. The zero-order valence-corrected chi connectivity index (χ0v) is 16.6. The number of rotatable bonds is 7. The zero-order valence-electron chi connectivity index (χ0n) is 15.0. The highest BCUT2D eigenvalue weighted by Gasteiger charge is 2.34. The van der Waals surface area contributed by atoms with Crippen LogP contribution in [0.5, 0.6) is 5.75 Å². The van der Waals surface area contributed by atoms with Crippen LogP contribution in [0.1, 0.15) is 30.9 Å². The van der Waals surface area contributed by atoms with E-state index in [2.05, 4.69) is 0 Å². The average Bonchev–Trinajstić information content (AvgIpc) is 2.93. The van der Waals surface area contributed by atoms with Crippen LogP contribution in [0.25, 0.3) is 6.08 Å². The van der Waals surface area contributed by atoms with E-state index in [4.69, 9.17) is 16.3 Å². The number of nitrogens with zero attached hydrogens (tertiary/aromatic N) is 1. The predicted octanol–water partition coefficient (Wildman–Crippen LogP) is 5.76. The molecule has 2 aromatic carbocycles. The highest BCUT2D eigenvalue weighted by Crippen LogP contribution is 2.34. The summed E-state index contributed by atoms with van der Waals surface area (Å²) in [5.74, 6) is 0.400. The van der Waals surface area contributed by atoms with Gasteiger partial charge >= 0.3 is 0 Å². The predicted molar refractivity (Wildman–Crippen MR) is 110 cm³/mol. The molecule has 0 spiro atoms. The van der Waals surface area contributed by atoms with Gasteiger partial charge in [0.15, 0.2) is 0 Å². The number of hydrogen-bond acceptors (Lipinski definition) is 4. The van der Waals surface area contributed by atoms with Gasteiger partial charge in [-0.3, -0.25) is 14.5 Å². The lowest BCUT2D eigenvalue weighted by molar-refractivity contribution is -0.122. The number of unbranched alkanes of at least 4 members (excludes halogenated alkanes) is 1. The summed E-state index contributed by atoms with van der Waals surface area (Å²) in [4.78, 5) is 26.4. The SMILES string of the molecule is CCCCN1C(=O)SC(=Cc2ccccc2OCc2ccccc2Cl)C1=O. The monoisotopic (exact) mass is 401 g/mol. The van der Waals surface area contributed by atoms with Crippen molar-refractivity contribution in [1.82, 2.24) is 4.90 Å². The molecule has 27 heavy (non-hydrogen) atoms. The van der Waals surface area contributed by atoms with Crippen molar-refractivity contribution in [2.24, 2.45) is 0 Å². The minimum atomic E-state index is -0.237. The van der Waals surface area contributed by atoms with Crippen molar-refractivity contribution in [1.29, 1.82) is 0 Å². The van der Waals surface area contributed by atoms with Crippen LogP contribution in [-0.4, -0.2) is 22.6 Å². The fourth-order valence-corrected chi connectivity index (χ4v) is 3.70. The lowest BCUT2D eigenvalue weighted by atomic mass is 10.1. The normalized spacial score (nSPS) is 15.6. The van der Waals surface area contributed by atoms with Gasteiger partial charge in [-0.2, -0.15) is 0 Å². The van der Waals surface area contributed by atoms with E-state index < -0.39 is 0 Å². The summed E-state index contributed by atoms with van der Waals surface area (Å²) in [5.41, 5.74) is 1.64. The zero-order chi connectivity index (χ0) is 19.2. The molecule has 1 aliphatic rings. The molecule has 0 N–H and O–H groups in total. The van der Waals surface area contributed by atoms with Crippen molar-refractivity contribution in [3.8, 4) is 5.75 Å². The van der Waals surface area contributed by atoms with Crippen LogP contribution >= 0.6 is 23.4 Å². The lowest BCUT2D eigenvalue weighted by Crippen LogP contribution is -2.29. The number of para-hydroxylation sites is 1. The van der Waals surface area contributed by atoms with Gasteiger partial charge in [0, 0.05) is 22.7 Å². The first kappa shape index (κ1) is 19.5. The summed E-state index contributed by atoms with van der Waals surface area (Å²) in [6.07, 6.45) is 3.46. The first-order valence-corrected chi connectivity index (χ1v) is 10.00. The summed E-state index contributed by atoms with van der Waals surface area (Å²) in [6.45, 7) is 2.81. The maximum atomic E-state index is 12.5. The molecule has 1 saturated heterocycles. The van der Waals surface area contributed by atoms with E-state index in [1.54, 1.807) is 6.08 Å². The Morgan fingerprint density at radius 3 is 2.63 bits per heavy atom. The number of hydrogen-bond donors (Lipinski definition) is 0. The molecule has 0 saturated carbocycles. The third kappa shape index (κ3) is 4.73. The molecular formula is C21H20ClNO3S. The molecule has 1 aliphatic heterocycles.